The van der Waals surface area contributed by atoms with Crippen LogP contribution in [0.15, 0.2) is 11.6 Å². The van der Waals surface area contributed by atoms with Crippen molar-refractivity contribution in [3.63, 3.8) is 0 Å². The van der Waals surface area contributed by atoms with Crippen molar-refractivity contribution in [2.75, 3.05) is 0 Å². The number of nitrogens with one attached hydrogen (secondary N) is 1. The SMILES string of the molecule is Cc1nc2sccn2c1CNC(C)(C)CC(C)(C)C. The molecule has 0 amide bonds. The maximum absolute atomic E-state index is 4.59. The predicted molar refractivity (Wildman–Crippen MR) is 82.8 cm³/mol. The standard InChI is InChI=1S/C15H25N3S/c1-11-12(18-7-8-19-13(18)17-11)9-16-15(5,6)10-14(2,3)4/h7-8,16H,9-10H2,1-6H3. The van der Waals surface area contributed by atoms with E-state index < -0.39 is 0 Å². The fourth-order valence-electron chi connectivity index (χ4n) is 2.87. The Kier molecular flexibility index (Phi) is 3.76. The van der Waals surface area contributed by atoms with Crippen LogP contribution in [0.25, 0.3) is 4.96 Å². The van der Waals surface area contributed by atoms with E-state index in [1.807, 2.05) is 0 Å². The van der Waals surface area contributed by atoms with E-state index in [0.29, 0.717) is 5.41 Å². The van der Waals surface area contributed by atoms with Crippen LogP contribution in [0.2, 0.25) is 0 Å². The molecule has 3 nitrogen and oxygen atoms in total. The minimum atomic E-state index is 0.130. The van der Waals surface area contributed by atoms with Crippen molar-refractivity contribution in [2.24, 2.45) is 5.41 Å². The molecule has 0 bridgehead atoms. The Hall–Kier alpha value is -0.870. The lowest BCUT2D eigenvalue weighted by Crippen LogP contribution is -2.42. The Morgan fingerprint density at radius 3 is 2.58 bits per heavy atom. The van der Waals surface area contributed by atoms with Crippen LogP contribution in [0, 0.1) is 12.3 Å². The van der Waals surface area contributed by atoms with Crippen LogP contribution in [0.4, 0.5) is 0 Å². The molecule has 2 aromatic rings. The van der Waals surface area contributed by atoms with Gasteiger partial charge in [0, 0.05) is 23.7 Å². The van der Waals surface area contributed by atoms with Crippen molar-refractivity contribution < 1.29 is 0 Å². The molecular weight excluding hydrogens is 254 g/mol. The van der Waals surface area contributed by atoms with Gasteiger partial charge in [0.25, 0.3) is 0 Å². The largest absolute Gasteiger partial charge is 0.306 e. The van der Waals surface area contributed by atoms with Gasteiger partial charge in [-0.3, -0.25) is 4.40 Å². The van der Waals surface area contributed by atoms with Gasteiger partial charge in [-0.1, -0.05) is 20.8 Å². The zero-order valence-electron chi connectivity index (χ0n) is 12.9. The lowest BCUT2D eigenvalue weighted by molar-refractivity contribution is 0.240. The van der Waals surface area contributed by atoms with Crippen LogP contribution in [0.3, 0.4) is 0 Å². The lowest BCUT2D eigenvalue weighted by atomic mass is 9.82. The van der Waals surface area contributed by atoms with E-state index >= 15 is 0 Å². The molecule has 0 aliphatic heterocycles. The first-order valence-corrected chi connectivity index (χ1v) is 7.72. The second-order valence-electron chi connectivity index (χ2n) is 7.17. The third kappa shape index (κ3) is 3.57. The summed E-state index contributed by atoms with van der Waals surface area (Å²) in [6.45, 7) is 14.4. The van der Waals surface area contributed by atoms with Crippen LogP contribution < -0.4 is 5.32 Å². The third-order valence-electron chi connectivity index (χ3n) is 3.27. The molecule has 1 N–H and O–H groups in total. The van der Waals surface area contributed by atoms with Crippen molar-refractivity contribution in [2.45, 2.75) is 60.0 Å². The number of hydrogen-bond acceptors (Lipinski definition) is 3. The van der Waals surface area contributed by atoms with Crippen LogP contribution in [-0.4, -0.2) is 14.9 Å². The summed E-state index contributed by atoms with van der Waals surface area (Å²) >= 11 is 1.69. The first kappa shape index (κ1) is 14.5. The molecule has 0 spiro atoms. The first-order chi connectivity index (χ1) is 8.68. The summed E-state index contributed by atoms with van der Waals surface area (Å²) in [7, 11) is 0. The summed E-state index contributed by atoms with van der Waals surface area (Å²) in [5.74, 6) is 0. The maximum Gasteiger partial charge on any atom is 0.194 e. The Bertz CT molecular complexity index is 557. The Morgan fingerprint density at radius 1 is 1.26 bits per heavy atom. The van der Waals surface area contributed by atoms with E-state index in [2.05, 4.69) is 67.8 Å². The molecule has 0 saturated heterocycles. The molecule has 19 heavy (non-hydrogen) atoms. The Labute approximate surface area is 120 Å². The van der Waals surface area contributed by atoms with Gasteiger partial charge in [-0.2, -0.15) is 0 Å². The quantitative estimate of drug-likeness (QED) is 0.916. The third-order valence-corrected chi connectivity index (χ3v) is 4.02. The average Bonchev–Trinajstić information content (AvgIpc) is 2.71. The van der Waals surface area contributed by atoms with Crippen LogP contribution in [0.5, 0.6) is 0 Å². The fourth-order valence-corrected chi connectivity index (χ4v) is 3.64. The molecule has 0 radical (unpaired) electrons. The van der Waals surface area contributed by atoms with Crippen LogP contribution >= 0.6 is 11.3 Å². The summed E-state index contributed by atoms with van der Waals surface area (Å²) in [5, 5.41) is 5.77. The zero-order chi connectivity index (χ0) is 14.3. The molecule has 0 aliphatic rings. The van der Waals surface area contributed by atoms with Gasteiger partial charge in [0.05, 0.1) is 11.4 Å². The molecule has 0 aromatic carbocycles. The molecule has 0 fully saturated rings. The Morgan fingerprint density at radius 2 is 1.95 bits per heavy atom. The number of imidazole rings is 1. The molecule has 2 aromatic heterocycles. The molecule has 0 saturated carbocycles. The van der Waals surface area contributed by atoms with Crippen molar-refractivity contribution in [1.82, 2.24) is 14.7 Å². The zero-order valence-corrected chi connectivity index (χ0v) is 13.7. The van der Waals surface area contributed by atoms with Crippen molar-refractivity contribution in [1.29, 1.82) is 0 Å². The van der Waals surface area contributed by atoms with Crippen molar-refractivity contribution in [3.05, 3.63) is 23.0 Å². The number of hydrogen-bond donors (Lipinski definition) is 1. The molecule has 0 atom stereocenters. The van der Waals surface area contributed by atoms with E-state index in [1.165, 1.54) is 5.69 Å². The number of aryl methyl sites for hydroxylation is 1. The van der Waals surface area contributed by atoms with E-state index in [1.54, 1.807) is 11.3 Å². The number of nitrogens with zero attached hydrogens (tertiary/aromatic N) is 2. The van der Waals surface area contributed by atoms with Gasteiger partial charge in [-0.15, -0.1) is 11.3 Å². The number of aromatic nitrogens is 2. The van der Waals surface area contributed by atoms with Gasteiger partial charge in [-0.25, -0.2) is 4.98 Å². The average molecular weight is 279 g/mol. The predicted octanol–water partition coefficient (Wildman–Crippen LogP) is 4.01. The van der Waals surface area contributed by atoms with Gasteiger partial charge in [0.2, 0.25) is 0 Å². The summed E-state index contributed by atoms with van der Waals surface area (Å²) in [6, 6.07) is 0. The van der Waals surface area contributed by atoms with E-state index in [9.17, 15) is 0 Å². The lowest BCUT2D eigenvalue weighted by Gasteiger charge is -2.33. The maximum atomic E-state index is 4.59. The monoisotopic (exact) mass is 279 g/mol. The van der Waals surface area contributed by atoms with Crippen molar-refractivity contribution in [3.8, 4) is 0 Å². The second-order valence-corrected chi connectivity index (χ2v) is 8.05. The smallest absolute Gasteiger partial charge is 0.194 e. The highest BCUT2D eigenvalue weighted by Crippen LogP contribution is 2.27. The highest BCUT2D eigenvalue weighted by molar-refractivity contribution is 7.15. The molecule has 4 heteroatoms. The molecule has 106 valence electrons. The summed E-state index contributed by atoms with van der Waals surface area (Å²) in [4.78, 5) is 5.68. The van der Waals surface area contributed by atoms with E-state index in [-0.39, 0.29) is 5.54 Å². The molecular formula is C15H25N3S. The van der Waals surface area contributed by atoms with E-state index in [4.69, 9.17) is 0 Å². The number of fused-ring (bicyclic) bond motifs is 1. The Balaban J connectivity index is 2.10. The number of thiazole rings is 1. The van der Waals surface area contributed by atoms with E-state index in [0.717, 1.165) is 23.6 Å². The molecule has 2 heterocycles. The fraction of sp³-hybridized carbons (Fsp3) is 0.667. The summed E-state index contributed by atoms with van der Waals surface area (Å²) in [5.41, 5.74) is 2.87. The molecule has 0 unspecified atom stereocenters. The topological polar surface area (TPSA) is 29.3 Å². The number of rotatable bonds is 4. The van der Waals surface area contributed by atoms with Gasteiger partial charge in [-0.05, 0) is 32.6 Å². The minimum absolute atomic E-state index is 0.130. The minimum Gasteiger partial charge on any atom is -0.306 e. The van der Waals surface area contributed by atoms with Gasteiger partial charge in [0.1, 0.15) is 0 Å². The molecule has 0 aliphatic carbocycles. The highest BCUT2D eigenvalue weighted by Gasteiger charge is 2.25. The normalized spacial score (nSPS) is 13.4. The van der Waals surface area contributed by atoms with Gasteiger partial charge >= 0.3 is 0 Å². The van der Waals surface area contributed by atoms with Gasteiger partial charge < -0.3 is 5.32 Å². The summed E-state index contributed by atoms with van der Waals surface area (Å²) < 4.78 is 2.19. The highest BCUT2D eigenvalue weighted by atomic mass is 32.1. The van der Waals surface area contributed by atoms with Gasteiger partial charge in [0.15, 0.2) is 4.96 Å². The molecule has 2 rings (SSSR count). The second kappa shape index (κ2) is 4.91. The van der Waals surface area contributed by atoms with Crippen LogP contribution in [-0.2, 0) is 6.54 Å². The van der Waals surface area contributed by atoms with Crippen molar-refractivity contribution >= 4 is 16.3 Å². The first-order valence-electron chi connectivity index (χ1n) is 6.84. The van der Waals surface area contributed by atoms with Crippen LogP contribution in [0.1, 0.15) is 52.4 Å². The summed E-state index contributed by atoms with van der Waals surface area (Å²) in [6.07, 6.45) is 3.25.